The minimum absolute atomic E-state index is 0.0357. The number of phosphoric acid groups is 1. The van der Waals surface area contributed by atoms with Crippen LogP contribution in [0.1, 0.15) is 10.4 Å². The molecule has 2 heterocycles. The molecule has 1 aromatic heterocycles. The number of benzene rings is 2. The number of halogens is 2. The zero-order chi connectivity index (χ0) is 21.5. The molecule has 1 fully saturated rings. The Hall–Kier alpha value is -2.39. The molecule has 3 aromatic rings. The lowest BCUT2D eigenvalue weighted by Crippen LogP contribution is -2.33. The number of phosphoric ester groups is 1. The van der Waals surface area contributed by atoms with Crippen LogP contribution in [0.5, 0.6) is 0 Å². The number of hydrogen-bond donors (Lipinski definition) is 3. The Labute approximate surface area is 180 Å². The SMILES string of the molecule is O=C(O)c1cc(Cl)ccc1Nc1c(N2COP(=O)(O)OC2)cnc2ccc(Cl)cc12. The predicted octanol–water partition coefficient (Wildman–Crippen LogP) is 4.85. The van der Waals surface area contributed by atoms with Crippen molar-refractivity contribution in [3.05, 3.63) is 58.2 Å². The van der Waals surface area contributed by atoms with Crippen LogP contribution in [0.4, 0.5) is 17.1 Å². The van der Waals surface area contributed by atoms with Gasteiger partial charge in [-0.1, -0.05) is 23.2 Å². The molecule has 0 amide bonds. The number of aromatic nitrogens is 1. The molecule has 2 aromatic carbocycles. The summed E-state index contributed by atoms with van der Waals surface area (Å²) in [5, 5.41) is 14.0. The third-order valence-corrected chi connectivity index (χ3v) is 5.73. The van der Waals surface area contributed by atoms with Crippen molar-refractivity contribution in [2.45, 2.75) is 0 Å². The summed E-state index contributed by atoms with van der Waals surface area (Å²) < 4.78 is 21.3. The Morgan fingerprint density at radius 1 is 1.13 bits per heavy atom. The third kappa shape index (κ3) is 4.22. The lowest BCUT2D eigenvalue weighted by Gasteiger charge is -2.32. The molecule has 4 rings (SSSR count). The van der Waals surface area contributed by atoms with Gasteiger partial charge in [0, 0.05) is 15.4 Å². The van der Waals surface area contributed by atoms with Gasteiger partial charge in [-0.15, -0.1) is 0 Å². The lowest BCUT2D eigenvalue weighted by atomic mass is 10.1. The van der Waals surface area contributed by atoms with Gasteiger partial charge in [-0.25, -0.2) is 9.36 Å². The average molecular weight is 470 g/mol. The number of nitrogens with one attached hydrogen (secondary N) is 1. The minimum atomic E-state index is -4.10. The molecular weight excluding hydrogens is 456 g/mol. The summed E-state index contributed by atoms with van der Waals surface area (Å²) in [4.78, 5) is 27.0. The van der Waals surface area contributed by atoms with Gasteiger partial charge in [0.15, 0.2) is 0 Å². The van der Waals surface area contributed by atoms with Crippen molar-refractivity contribution in [3.8, 4) is 0 Å². The summed E-state index contributed by atoms with van der Waals surface area (Å²) in [6, 6.07) is 9.50. The maximum atomic E-state index is 11.7. The predicted molar refractivity (Wildman–Crippen MR) is 113 cm³/mol. The van der Waals surface area contributed by atoms with Crippen molar-refractivity contribution >= 4 is 65.0 Å². The van der Waals surface area contributed by atoms with Gasteiger partial charge in [-0.05, 0) is 36.4 Å². The summed E-state index contributed by atoms with van der Waals surface area (Å²) in [5.41, 5.74) is 1.77. The van der Waals surface area contributed by atoms with Crippen LogP contribution in [0.2, 0.25) is 10.0 Å². The molecule has 30 heavy (non-hydrogen) atoms. The first-order chi connectivity index (χ1) is 14.2. The summed E-state index contributed by atoms with van der Waals surface area (Å²) in [6.45, 7) is -0.467. The minimum Gasteiger partial charge on any atom is -0.478 e. The van der Waals surface area contributed by atoms with Gasteiger partial charge in [0.2, 0.25) is 0 Å². The zero-order valence-corrected chi connectivity index (χ0v) is 17.5. The number of carboxylic acids is 1. The number of fused-ring (bicyclic) bond motifs is 1. The molecule has 0 spiro atoms. The fraction of sp³-hybridized carbons (Fsp3) is 0.111. The number of anilines is 3. The topological polar surface area (TPSA) is 121 Å². The van der Waals surface area contributed by atoms with Crippen LogP contribution < -0.4 is 10.2 Å². The Morgan fingerprint density at radius 2 is 1.80 bits per heavy atom. The Bertz CT molecular complexity index is 1200. The van der Waals surface area contributed by atoms with Crippen molar-refractivity contribution in [1.29, 1.82) is 0 Å². The number of aromatic carboxylic acids is 1. The quantitative estimate of drug-likeness (QED) is 0.460. The molecule has 0 atom stereocenters. The normalized spacial score (nSPS) is 15.9. The molecule has 156 valence electrons. The van der Waals surface area contributed by atoms with Gasteiger partial charge < -0.3 is 20.2 Å². The second-order valence-electron chi connectivity index (χ2n) is 6.32. The number of carboxylic acid groups (broad SMARTS) is 1. The molecule has 3 N–H and O–H groups in total. The number of hydrogen-bond acceptors (Lipinski definition) is 7. The number of pyridine rings is 1. The van der Waals surface area contributed by atoms with Crippen LogP contribution in [0.3, 0.4) is 0 Å². The maximum absolute atomic E-state index is 11.7. The Morgan fingerprint density at radius 3 is 2.50 bits per heavy atom. The van der Waals surface area contributed by atoms with Gasteiger partial charge in [0.25, 0.3) is 0 Å². The van der Waals surface area contributed by atoms with E-state index >= 15 is 0 Å². The van der Waals surface area contributed by atoms with Crippen LogP contribution >= 0.6 is 31.0 Å². The van der Waals surface area contributed by atoms with E-state index in [0.29, 0.717) is 27.3 Å². The lowest BCUT2D eigenvalue weighted by molar-refractivity contribution is 0.0697. The third-order valence-electron chi connectivity index (χ3n) is 4.38. The highest BCUT2D eigenvalue weighted by atomic mass is 35.5. The van der Waals surface area contributed by atoms with E-state index in [1.54, 1.807) is 24.3 Å². The van der Waals surface area contributed by atoms with Gasteiger partial charge >= 0.3 is 13.8 Å². The van der Waals surface area contributed by atoms with E-state index in [1.165, 1.54) is 23.2 Å². The molecular formula is C18H14Cl2N3O6P. The average Bonchev–Trinajstić information content (AvgIpc) is 2.69. The number of carbonyl (C=O) groups is 1. The largest absolute Gasteiger partial charge is 0.478 e. The zero-order valence-electron chi connectivity index (χ0n) is 15.1. The smallest absolute Gasteiger partial charge is 0.475 e. The summed E-state index contributed by atoms with van der Waals surface area (Å²) >= 11 is 12.1. The van der Waals surface area contributed by atoms with Crippen molar-refractivity contribution in [2.75, 3.05) is 23.7 Å². The van der Waals surface area contributed by atoms with Crippen molar-refractivity contribution in [3.63, 3.8) is 0 Å². The molecule has 0 unspecified atom stereocenters. The van der Waals surface area contributed by atoms with Crippen LogP contribution in [0.15, 0.2) is 42.6 Å². The Balaban J connectivity index is 1.85. The Kier molecular flexibility index (Phi) is 5.59. The molecule has 0 radical (unpaired) electrons. The van der Waals surface area contributed by atoms with Gasteiger partial charge in [-0.2, -0.15) is 0 Å². The van der Waals surface area contributed by atoms with Crippen molar-refractivity contribution < 1.29 is 28.4 Å². The molecule has 0 aliphatic carbocycles. The van der Waals surface area contributed by atoms with E-state index < -0.39 is 13.8 Å². The molecule has 9 nitrogen and oxygen atoms in total. The van der Waals surface area contributed by atoms with Crippen LogP contribution in [0, 0.1) is 0 Å². The first-order valence-corrected chi connectivity index (χ1v) is 10.7. The second-order valence-corrected chi connectivity index (χ2v) is 8.65. The summed E-state index contributed by atoms with van der Waals surface area (Å²) in [5.74, 6) is -1.16. The summed E-state index contributed by atoms with van der Waals surface area (Å²) in [6.07, 6.45) is 1.52. The highest BCUT2D eigenvalue weighted by Crippen LogP contribution is 2.48. The molecule has 0 bridgehead atoms. The van der Waals surface area contributed by atoms with E-state index in [0.717, 1.165) is 0 Å². The highest BCUT2D eigenvalue weighted by Gasteiger charge is 2.30. The molecule has 1 saturated heterocycles. The highest BCUT2D eigenvalue weighted by molar-refractivity contribution is 7.47. The van der Waals surface area contributed by atoms with Crippen LogP contribution in [-0.2, 0) is 13.6 Å². The standard InChI is InChI=1S/C18H14Cl2N3O6P/c19-10-1-3-14-12(5-10)17(22-15-4-2-11(20)6-13(15)18(24)25)16(7-21-14)23-8-28-30(26,27)29-9-23/h1-7H,8-9H2,(H,21,22)(H,24,25)(H,26,27). The fourth-order valence-corrected chi connectivity index (χ4v) is 3.95. The molecule has 0 saturated carbocycles. The van der Waals surface area contributed by atoms with Crippen LogP contribution in [-0.4, -0.2) is 34.4 Å². The van der Waals surface area contributed by atoms with Gasteiger partial charge in [0.05, 0.1) is 34.3 Å². The number of rotatable bonds is 4. The first kappa shape index (κ1) is 20.9. The maximum Gasteiger partial charge on any atom is 0.475 e. The molecule has 1 aliphatic rings. The van der Waals surface area contributed by atoms with E-state index in [1.807, 2.05) is 0 Å². The fourth-order valence-electron chi connectivity index (χ4n) is 2.96. The van der Waals surface area contributed by atoms with Gasteiger partial charge in [0.1, 0.15) is 13.5 Å². The monoisotopic (exact) mass is 469 g/mol. The second kappa shape index (κ2) is 8.03. The first-order valence-electron chi connectivity index (χ1n) is 8.48. The van der Waals surface area contributed by atoms with Crippen LogP contribution in [0.25, 0.3) is 10.9 Å². The van der Waals surface area contributed by atoms with Crippen molar-refractivity contribution in [1.82, 2.24) is 4.98 Å². The van der Waals surface area contributed by atoms with Gasteiger partial charge in [-0.3, -0.25) is 14.0 Å². The molecule has 1 aliphatic heterocycles. The van der Waals surface area contributed by atoms with E-state index in [4.69, 9.17) is 32.2 Å². The van der Waals surface area contributed by atoms with E-state index in [9.17, 15) is 19.4 Å². The van der Waals surface area contributed by atoms with E-state index in [2.05, 4.69) is 10.3 Å². The molecule has 12 heteroatoms. The van der Waals surface area contributed by atoms with E-state index in [-0.39, 0.29) is 29.7 Å². The van der Waals surface area contributed by atoms with Crippen molar-refractivity contribution in [2.24, 2.45) is 0 Å². The number of nitrogens with zero attached hydrogens (tertiary/aromatic N) is 2. The summed E-state index contributed by atoms with van der Waals surface area (Å²) in [7, 11) is -4.10.